The molecule has 184 valence electrons. The first kappa shape index (κ1) is 22.8. The average Bonchev–Trinajstić information content (AvgIpc) is 3.67. The van der Waals surface area contributed by atoms with Gasteiger partial charge in [-0.25, -0.2) is 0 Å². The highest BCUT2D eigenvalue weighted by Gasteiger charge is 2.29. The molecule has 1 aromatic heterocycles. The van der Waals surface area contributed by atoms with E-state index in [1.807, 2.05) is 6.07 Å². The smallest absolute Gasteiger partial charge is 0.253 e. The average molecular weight is 471 g/mol. The zero-order valence-corrected chi connectivity index (χ0v) is 20.8. The van der Waals surface area contributed by atoms with Crippen LogP contribution in [-0.2, 0) is 13.1 Å². The minimum Gasteiger partial charge on any atom is -0.346 e. The summed E-state index contributed by atoms with van der Waals surface area (Å²) in [4.78, 5) is 20.6. The van der Waals surface area contributed by atoms with Gasteiger partial charge in [-0.15, -0.1) is 0 Å². The van der Waals surface area contributed by atoms with Gasteiger partial charge in [-0.05, 0) is 62.1 Å². The van der Waals surface area contributed by atoms with Crippen molar-refractivity contribution in [2.75, 3.05) is 32.7 Å². The number of benzene rings is 2. The van der Waals surface area contributed by atoms with E-state index < -0.39 is 0 Å². The summed E-state index contributed by atoms with van der Waals surface area (Å²) in [6.45, 7) is 6.96. The van der Waals surface area contributed by atoms with Gasteiger partial charge in [0.2, 0.25) is 0 Å². The van der Waals surface area contributed by atoms with Crippen molar-refractivity contribution in [1.82, 2.24) is 19.3 Å². The van der Waals surface area contributed by atoms with Crippen LogP contribution in [-0.4, -0.2) is 70.0 Å². The summed E-state index contributed by atoms with van der Waals surface area (Å²) < 4.78 is 2.39. The fourth-order valence-electron chi connectivity index (χ4n) is 6.59. The standard InChI is InChI=1S/C30H38N4O/c35-30(32-19-17-31(18-20-32)27-9-4-5-10-27)26-12-13-29-25(21-26)14-16-34(29)23-28-11-6-15-33(28)22-24-7-2-1-3-8-24/h1-3,7-8,12-14,16,21,27-28H,4-6,9-11,15,17-20,22-23H2/t28-/m0/s1. The number of amides is 1. The second kappa shape index (κ2) is 10.2. The highest BCUT2D eigenvalue weighted by Crippen LogP contribution is 2.27. The molecule has 1 amide bonds. The maximum Gasteiger partial charge on any atom is 0.253 e. The van der Waals surface area contributed by atoms with E-state index in [-0.39, 0.29) is 5.91 Å². The van der Waals surface area contributed by atoms with Crippen LogP contribution in [0.1, 0.15) is 54.4 Å². The quantitative estimate of drug-likeness (QED) is 0.508. The maximum atomic E-state index is 13.3. The van der Waals surface area contributed by atoms with Gasteiger partial charge in [-0.3, -0.25) is 14.6 Å². The molecule has 3 aromatic rings. The third kappa shape index (κ3) is 4.89. The number of rotatable bonds is 6. The SMILES string of the molecule is O=C(c1ccc2c(ccn2C[C@@H]2CCCN2Cc2ccccc2)c1)N1CCN(C2CCCC2)CC1. The van der Waals surface area contributed by atoms with Crippen LogP contribution in [0.3, 0.4) is 0 Å². The van der Waals surface area contributed by atoms with Gasteiger partial charge < -0.3 is 9.47 Å². The topological polar surface area (TPSA) is 31.7 Å². The van der Waals surface area contributed by atoms with Gasteiger partial charge in [0, 0.05) is 74.0 Å². The Morgan fingerprint density at radius 3 is 2.43 bits per heavy atom. The summed E-state index contributed by atoms with van der Waals surface area (Å²) in [7, 11) is 0. The Kier molecular flexibility index (Phi) is 6.62. The Labute approximate surface area is 209 Å². The van der Waals surface area contributed by atoms with Gasteiger partial charge in [0.25, 0.3) is 5.91 Å². The molecule has 0 unspecified atom stereocenters. The molecule has 0 N–H and O–H groups in total. The normalized spacial score (nSPS) is 22.4. The highest BCUT2D eigenvalue weighted by molar-refractivity contribution is 5.98. The van der Waals surface area contributed by atoms with Crippen LogP contribution in [0, 0.1) is 0 Å². The first-order chi connectivity index (χ1) is 17.2. The Hall–Kier alpha value is -2.63. The second-order valence-corrected chi connectivity index (χ2v) is 10.8. The molecule has 5 nitrogen and oxygen atoms in total. The Morgan fingerprint density at radius 2 is 1.63 bits per heavy atom. The molecule has 0 spiro atoms. The van der Waals surface area contributed by atoms with Crippen molar-refractivity contribution >= 4 is 16.8 Å². The largest absolute Gasteiger partial charge is 0.346 e. The molecule has 0 bridgehead atoms. The number of nitrogens with zero attached hydrogens (tertiary/aromatic N) is 4. The molecule has 3 fully saturated rings. The van der Waals surface area contributed by atoms with E-state index in [2.05, 4.69) is 74.0 Å². The maximum absolute atomic E-state index is 13.3. The van der Waals surface area contributed by atoms with Crippen LogP contribution in [0.4, 0.5) is 0 Å². The van der Waals surface area contributed by atoms with Crippen molar-refractivity contribution in [1.29, 1.82) is 0 Å². The molecule has 3 heterocycles. The van der Waals surface area contributed by atoms with Crippen molar-refractivity contribution < 1.29 is 4.79 Å². The summed E-state index contributed by atoms with van der Waals surface area (Å²) in [6, 6.07) is 20.6. The van der Waals surface area contributed by atoms with Gasteiger partial charge in [0.05, 0.1) is 0 Å². The number of carbonyl (C=O) groups excluding carboxylic acids is 1. The van der Waals surface area contributed by atoms with Gasteiger partial charge in [0.1, 0.15) is 0 Å². The first-order valence-electron chi connectivity index (χ1n) is 13.6. The molecule has 1 saturated carbocycles. The lowest BCUT2D eigenvalue weighted by Crippen LogP contribution is -2.51. The Balaban J connectivity index is 1.10. The van der Waals surface area contributed by atoms with Crippen molar-refractivity contribution in [3.63, 3.8) is 0 Å². The van der Waals surface area contributed by atoms with Crippen LogP contribution in [0.15, 0.2) is 60.8 Å². The molecule has 5 heteroatoms. The molecule has 2 aromatic carbocycles. The lowest BCUT2D eigenvalue weighted by molar-refractivity contribution is 0.0573. The number of carbonyl (C=O) groups is 1. The first-order valence-corrected chi connectivity index (χ1v) is 13.6. The van der Waals surface area contributed by atoms with E-state index in [1.165, 1.54) is 61.5 Å². The number of hydrogen-bond donors (Lipinski definition) is 0. The Bertz CT molecular complexity index is 1140. The minimum absolute atomic E-state index is 0.190. The van der Waals surface area contributed by atoms with Gasteiger partial charge in [-0.2, -0.15) is 0 Å². The van der Waals surface area contributed by atoms with E-state index in [0.29, 0.717) is 6.04 Å². The molecule has 35 heavy (non-hydrogen) atoms. The number of hydrogen-bond acceptors (Lipinski definition) is 3. The third-order valence-electron chi connectivity index (χ3n) is 8.60. The molecular formula is C30H38N4O. The van der Waals surface area contributed by atoms with Gasteiger partial charge in [0.15, 0.2) is 0 Å². The molecule has 3 aliphatic rings. The molecular weight excluding hydrogens is 432 g/mol. The Morgan fingerprint density at radius 1 is 0.829 bits per heavy atom. The highest BCUT2D eigenvalue weighted by atomic mass is 16.2. The number of likely N-dealkylation sites (tertiary alicyclic amines) is 1. The fraction of sp³-hybridized carbons (Fsp3) is 0.500. The van der Waals surface area contributed by atoms with Crippen LogP contribution in [0.2, 0.25) is 0 Å². The molecule has 0 radical (unpaired) electrons. The van der Waals surface area contributed by atoms with Crippen molar-refractivity contribution in [3.05, 3.63) is 71.9 Å². The summed E-state index contributed by atoms with van der Waals surface area (Å²) in [6.07, 6.45) is 10.1. The zero-order valence-electron chi connectivity index (χ0n) is 20.8. The predicted molar refractivity (Wildman–Crippen MR) is 142 cm³/mol. The number of fused-ring (bicyclic) bond motifs is 1. The number of aromatic nitrogens is 1. The lowest BCUT2D eigenvalue weighted by atomic mass is 10.1. The summed E-state index contributed by atoms with van der Waals surface area (Å²) in [5, 5.41) is 1.17. The second-order valence-electron chi connectivity index (χ2n) is 10.8. The molecule has 1 atom stereocenters. The molecule has 6 rings (SSSR count). The number of piperazine rings is 1. The summed E-state index contributed by atoms with van der Waals surface area (Å²) in [5.41, 5.74) is 3.46. The van der Waals surface area contributed by atoms with E-state index in [1.54, 1.807) is 0 Å². The van der Waals surface area contributed by atoms with E-state index in [0.717, 1.165) is 50.9 Å². The van der Waals surface area contributed by atoms with E-state index >= 15 is 0 Å². The predicted octanol–water partition coefficient (Wildman–Crippen LogP) is 5.01. The lowest BCUT2D eigenvalue weighted by Gasteiger charge is -2.38. The molecule has 1 aliphatic carbocycles. The fourth-order valence-corrected chi connectivity index (χ4v) is 6.59. The van der Waals surface area contributed by atoms with Gasteiger partial charge >= 0.3 is 0 Å². The van der Waals surface area contributed by atoms with Crippen molar-refractivity contribution in [2.45, 2.75) is 63.7 Å². The molecule has 2 saturated heterocycles. The van der Waals surface area contributed by atoms with Crippen molar-refractivity contribution in [2.24, 2.45) is 0 Å². The third-order valence-corrected chi connectivity index (χ3v) is 8.60. The van der Waals surface area contributed by atoms with Crippen LogP contribution < -0.4 is 0 Å². The monoisotopic (exact) mass is 470 g/mol. The molecule has 2 aliphatic heterocycles. The van der Waals surface area contributed by atoms with Crippen LogP contribution in [0.5, 0.6) is 0 Å². The summed E-state index contributed by atoms with van der Waals surface area (Å²) in [5.74, 6) is 0.190. The van der Waals surface area contributed by atoms with Gasteiger partial charge in [-0.1, -0.05) is 43.2 Å². The van der Waals surface area contributed by atoms with Crippen LogP contribution >= 0.6 is 0 Å². The van der Waals surface area contributed by atoms with Crippen LogP contribution in [0.25, 0.3) is 10.9 Å². The van der Waals surface area contributed by atoms with E-state index in [4.69, 9.17) is 0 Å². The zero-order chi connectivity index (χ0) is 23.6. The van der Waals surface area contributed by atoms with E-state index in [9.17, 15) is 4.79 Å². The minimum atomic E-state index is 0.190. The summed E-state index contributed by atoms with van der Waals surface area (Å²) >= 11 is 0. The van der Waals surface area contributed by atoms with Crippen molar-refractivity contribution in [3.8, 4) is 0 Å².